The first-order valence-electron chi connectivity index (χ1n) is 9.78. The Morgan fingerprint density at radius 1 is 0.939 bits per heavy atom. The molecule has 3 rings (SSSR count). The number of esters is 1. The van der Waals surface area contributed by atoms with Gasteiger partial charge in [-0.3, -0.25) is 4.72 Å². The van der Waals surface area contributed by atoms with Gasteiger partial charge in [0.05, 0.1) is 38.9 Å². The summed E-state index contributed by atoms with van der Waals surface area (Å²) in [5, 5.41) is 0. The summed E-state index contributed by atoms with van der Waals surface area (Å²) >= 11 is 0. The maximum Gasteiger partial charge on any atom is 0.340 e. The molecule has 0 radical (unpaired) electrons. The van der Waals surface area contributed by atoms with Crippen LogP contribution in [0.5, 0.6) is 17.5 Å². The summed E-state index contributed by atoms with van der Waals surface area (Å²) in [4.78, 5) is 16.4. The summed E-state index contributed by atoms with van der Waals surface area (Å²) in [6.45, 7) is 0. The number of benzene rings is 2. The number of carbonyl (C=O) groups is 1. The molecule has 0 unspecified atom stereocenters. The van der Waals surface area contributed by atoms with Crippen molar-refractivity contribution < 1.29 is 32.2 Å². The number of hydrogen-bond acceptors (Lipinski definition) is 8. The highest BCUT2D eigenvalue weighted by Gasteiger charge is 2.26. The summed E-state index contributed by atoms with van der Waals surface area (Å²) in [5.41, 5.74) is 1.40. The number of carbonyl (C=O) groups excluding carboxylic acids is 1. The molecule has 0 fully saturated rings. The normalized spacial score (nSPS) is 10.9. The summed E-state index contributed by atoms with van der Waals surface area (Å²) in [7, 11) is 1.21. The smallest absolute Gasteiger partial charge is 0.340 e. The van der Waals surface area contributed by atoms with Crippen LogP contribution in [0.25, 0.3) is 0 Å². The first-order chi connectivity index (χ1) is 15.8. The predicted molar refractivity (Wildman–Crippen MR) is 122 cm³/mol. The molecule has 10 heteroatoms. The fraction of sp³-hybridized carbons (Fsp3) is 0.217. The molecule has 174 valence electrons. The van der Waals surface area contributed by atoms with Gasteiger partial charge in [0, 0.05) is 12.5 Å². The number of hydrogen-bond donors (Lipinski definition) is 1. The first kappa shape index (κ1) is 23.9. The van der Waals surface area contributed by atoms with E-state index in [0.717, 1.165) is 5.56 Å². The molecular formula is C23H24N2O7S. The number of methoxy groups -OCH3 is 4. The lowest BCUT2D eigenvalue weighted by Crippen LogP contribution is -2.18. The molecule has 0 saturated heterocycles. The van der Waals surface area contributed by atoms with Crippen LogP contribution in [0, 0.1) is 0 Å². The number of ether oxygens (including phenoxy) is 4. The van der Waals surface area contributed by atoms with Gasteiger partial charge in [-0.15, -0.1) is 0 Å². The molecule has 0 atom stereocenters. The molecule has 9 nitrogen and oxygen atoms in total. The number of aromatic nitrogens is 1. The van der Waals surface area contributed by atoms with Crippen molar-refractivity contribution in [1.82, 2.24) is 4.98 Å². The van der Waals surface area contributed by atoms with Gasteiger partial charge in [0.2, 0.25) is 11.8 Å². The highest BCUT2D eigenvalue weighted by atomic mass is 32.2. The number of anilines is 1. The minimum Gasteiger partial charge on any atom is -0.496 e. The molecule has 0 saturated carbocycles. The Balaban J connectivity index is 2.05. The maximum absolute atomic E-state index is 13.3. The van der Waals surface area contributed by atoms with Crippen molar-refractivity contribution in [3.63, 3.8) is 0 Å². The zero-order valence-corrected chi connectivity index (χ0v) is 19.4. The van der Waals surface area contributed by atoms with E-state index < -0.39 is 16.0 Å². The number of rotatable bonds is 9. The van der Waals surface area contributed by atoms with Crippen molar-refractivity contribution in [3.05, 3.63) is 71.3 Å². The quantitative estimate of drug-likeness (QED) is 0.472. The van der Waals surface area contributed by atoms with Crippen LogP contribution >= 0.6 is 0 Å². The Morgan fingerprint density at radius 3 is 2.27 bits per heavy atom. The lowest BCUT2D eigenvalue weighted by atomic mass is 10.0. The third kappa shape index (κ3) is 5.35. The van der Waals surface area contributed by atoms with Crippen LogP contribution in [0.15, 0.2) is 59.5 Å². The second-order valence-corrected chi connectivity index (χ2v) is 8.51. The summed E-state index contributed by atoms with van der Waals surface area (Å²) < 4.78 is 49.4. The van der Waals surface area contributed by atoms with Crippen molar-refractivity contribution in [2.75, 3.05) is 33.2 Å². The SMILES string of the molecule is COC(=O)c1cc(OC)nc(OC)c1NS(=O)(=O)c1ccc(OC)c(Cc2ccccc2)c1. The minimum absolute atomic E-state index is 0.0251. The average Bonchev–Trinajstić information content (AvgIpc) is 2.84. The van der Waals surface area contributed by atoms with E-state index in [0.29, 0.717) is 17.7 Å². The van der Waals surface area contributed by atoms with Crippen LogP contribution in [0.1, 0.15) is 21.5 Å². The van der Waals surface area contributed by atoms with Crippen LogP contribution < -0.4 is 18.9 Å². The second kappa shape index (κ2) is 10.2. The molecular weight excluding hydrogens is 448 g/mol. The van der Waals surface area contributed by atoms with Gasteiger partial charge in [0.1, 0.15) is 11.4 Å². The third-order valence-corrected chi connectivity index (χ3v) is 6.15. The van der Waals surface area contributed by atoms with Gasteiger partial charge in [-0.2, -0.15) is 4.98 Å². The standard InChI is InChI=1S/C23H24N2O7S/c1-29-19-11-10-17(13-16(19)12-15-8-6-5-7-9-15)33(27,28)25-21-18(23(26)32-4)14-20(30-2)24-22(21)31-3/h5-11,13-14,25H,12H2,1-4H3. The van der Waals surface area contributed by atoms with E-state index in [9.17, 15) is 13.2 Å². The Morgan fingerprint density at radius 2 is 1.67 bits per heavy atom. The molecule has 1 N–H and O–H groups in total. The van der Waals surface area contributed by atoms with E-state index in [4.69, 9.17) is 18.9 Å². The molecule has 33 heavy (non-hydrogen) atoms. The van der Waals surface area contributed by atoms with Gasteiger partial charge >= 0.3 is 5.97 Å². The van der Waals surface area contributed by atoms with E-state index in [2.05, 4.69) is 9.71 Å². The molecule has 3 aromatic rings. The van der Waals surface area contributed by atoms with Gasteiger partial charge in [-0.25, -0.2) is 13.2 Å². The Hall–Kier alpha value is -3.79. The van der Waals surface area contributed by atoms with E-state index in [1.807, 2.05) is 30.3 Å². The van der Waals surface area contributed by atoms with Gasteiger partial charge in [-0.1, -0.05) is 30.3 Å². The van der Waals surface area contributed by atoms with E-state index in [1.165, 1.54) is 46.6 Å². The fourth-order valence-electron chi connectivity index (χ4n) is 3.19. The summed E-state index contributed by atoms with van der Waals surface area (Å²) in [6, 6.07) is 15.4. The van der Waals surface area contributed by atoms with Gasteiger partial charge in [0.15, 0.2) is 0 Å². The van der Waals surface area contributed by atoms with Crippen molar-refractivity contribution in [2.24, 2.45) is 0 Å². The van der Waals surface area contributed by atoms with Gasteiger partial charge in [-0.05, 0) is 29.3 Å². The molecule has 1 aromatic heterocycles. The van der Waals surface area contributed by atoms with Crippen molar-refractivity contribution in [2.45, 2.75) is 11.3 Å². The van der Waals surface area contributed by atoms with E-state index in [-0.39, 0.29) is 27.9 Å². The van der Waals surface area contributed by atoms with E-state index in [1.54, 1.807) is 6.07 Å². The van der Waals surface area contributed by atoms with Crippen LogP contribution in [-0.4, -0.2) is 47.8 Å². The van der Waals surface area contributed by atoms with Crippen molar-refractivity contribution in [3.8, 4) is 17.5 Å². The number of nitrogens with zero attached hydrogens (tertiary/aromatic N) is 1. The largest absolute Gasteiger partial charge is 0.496 e. The highest BCUT2D eigenvalue weighted by molar-refractivity contribution is 7.92. The third-order valence-electron chi connectivity index (χ3n) is 4.81. The first-order valence-corrected chi connectivity index (χ1v) is 11.3. The van der Waals surface area contributed by atoms with Gasteiger partial charge in [0.25, 0.3) is 10.0 Å². The summed E-state index contributed by atoms with van der Waals surface area (Å²) in [6.07, 6.45) is 0.466. The highest BCUT2D eigenvalue weighted by Crippen LogP contribution is 2.33. The second-order valence-electron chi connectivity index (χ2n) is 6.83. The fourth-order valence-corrected chi connectivity index (χ4v) is 4.32. The molecule has 0 spiro atoms. The molecule has 1 heterocycles. The lowest BCUT2D eigenvalue weighted by Gasteiger charge is -2.16. The van der Waals surface area contributed by atoms with Crippen molar-refractivity contribution >= 4 is 21.7 Å². The summed E-state index contributed by atoms with van der Waals surface area (Å²) in [5.74, 6) is -0.316. The number of pyridine rings is 1. The number of nitrogens with one attached hydrogen (secondary N) is 1. The molecule has 0 amide bonds. The zero-order valence-electron chi connectivity index (χ0n) is 18.6. The van der Waals surface area contributed by atoms with Crippen LogP contribution in [-0.2, 0) is 21.2 Å². The zero-order chi connectivity index (χ0) is 24.0. The predicted octanol–water partition coefficient (Wildman–Crippen LogP) is 3.29. The van der Waals surface area contributed by atoms with Crippen LogP contribution in [0.4, 0.5) is 5.69 Å². The number of sulfonamides is 1. The lowest BCUT2D eigenvalue weighted by molar-refractivity contribution is 0.0601. The van der Waals surface area contributed by atoms with Crippen LogP contribution in [0.2, 0.25) is 0 Å². The van der Waals surface area contributed by atoms with Crippen LogP contribution in [0.3, 0.4) is 0 Å². The molecule has 2 aromatic carbocycles. The Labute approximate surface area is 192 Å². The van der Waals surface area contributed by atoms with E-state index >= 15 is 0 Å². The molecule has 0 aliphatic heterocycles. The topological polar surface area (TPSA) is 113 Å². The minimum atomic E-state index is -4.14. The molecule has 0 bridgehead atoms. The molecule has 0 aliphatic rings. The Kier molecular flexibility index (Phi) is 7.39. The monoisotopic (exact) mass is 472 g/mol. The Bertz CT molecular complexity index is 1250. The average molecular weight is 473 g/mol. The maximum atomic E-state index is 13.3. The molecule has 0 aliphatic carbocycles. The van der Waals surface area contributed by atoms with Gasteiger partial charge < -0.3 is 18.9 Å². The van der Waals surface area contributed by atoms with Crippen molar-refractivity contribution in [1.29, 1.82) is 0 Å².